The molecule has 0 unspecified atom stereocenters. The Morgan fingerprint density at radius 2 is 1.08 bits per heavy atom. The van der Waals surface area contributed by atoms with Crippen molar-refractivity contribution in [1.29, 1.82) is 0 Å². The molecule has 2 rings (SSSR count). The van der Waals surface area contributed by atoms with Gasteiger partial charge >= 0.3 is 0 Å². The molecule has 2 aromatic rings. The summed E-state index contributed by atoms with van der Waals surface area (Å²) in [7, 11) is 0. The number of carbonyl (C=O) groups is 3. The van der Waals surface area contributed by atoms with Gasteiger partial charge in [-0.15, -0.1) is 0 Å². The third-order valence-electron chi connectivity index (χ3n) is 3.91. The van der Waals surface area contributed by atoms with Crippen molar-refractivity contribution in [2.75, 3.05) is 0 Å². The molecule has 2 N–H and O–H groups in total. The van der Waals surface area contributed by atoms with Crippen molar-refractivity contribution in [3.8, 4) is 0 Å². The van der Waals surface area contributed by atoms with E-state index in [1.54, 1.807) is 18.2 Å². The lowest BCUT2D eigenvalue weighted by atomic mass is 9.92. The molecule has 136 valence electrons. The van der Waals surface area contributed by atoms with Gasteiger partial charge in [-0.1, -0.05) is 42.5 Å². The smallest absolute Gasteiger partial charge is 0.193 e. The van der Waals surface area contributed by atoms with Crippen LogP contribution in [0.2, 0.25) is 0 Å². The maximum atomic E-state index is 12.6. The Balaban J connectivity index is 2.30. The zero-order valence-corrected chi connectivity index (χ0v) is 15.2. The molecule has 0 amide bonds. The summed E-state index contributed by atoms with van der Waals surface area (Å²) < 4.78 is 0. The fourth-order valence-electron chi connectivity index (χ4n) is 2.45. The predicted molar refractivity (Wildman–Crippen MR) is 97.6 cm³/mol. The summed E-state index contributed by atoms with van der Waals surface area (Å²) in [5.41, 5.74) is -1.80. The Morgan fingerprint density at radius 3 is 1.58 bits per heavy atom. The Labute approximate surface area is 152 Å². The minimum absolute atomic E-state index is 0.247. The summed E-state index contributed by atoms with van der Waals surface area (Å²) >= 11 is 0. The maximum Gasteiger partial charge on any atom is 0.193 e. The van der Waals surface area contributed by atoms with E-state index >= 15 is 0 Å². The van der Waals surface area contributed by atoms with E-state index in [0.717, 1.165) is 0 Å². The van der Waals surface area contributed by atoms with Crippen molar-refractivity contribution in [1.82, 2.24) is 0 Å². The van der Waals surface area contributed by atoms with Crippen LogP contribution in [-0.4, -0.2) is 38.8 Å². The summed E-state index contributed by atoms with van der Waals surface area (Å²) in [6.45, 7) is 5.59. The molecular formula is C21H22O5. The first-order chi connectivity index (χ1) is 11.9. The summed E-state index contributed by atoms with van der Waals surface area (Å²) in [6.07, 6.45) is 0. The van der Waals surface area contributed by atoms with E-state index in [0.29, 0.717) is 16.7 Å². The van der Waals surface area contributed by atoms with Gasteiger partial charge in [0.1, 0.15) is 11.2 Å². The lowest BCUT2D eigenvalue weighted by Crippen LogP contribution is -2.31. The van der Waals surface area contributed by atoms with Crippen LogP contribution in [0.1, 0.15) is 64.3 Å². The molecule has 0 aromatic heterocycles. The van der Waals surface area contributed by atoms with Crippen molar-refractivity contribution in [2.45, 2.75) is 38.9 Å². The molecule has 0 fully saturated rings. The molecule has 0 bridgehead atoms. The topological polar surface area (TPSA) is 91.7 Å². The van der Waals surface area contributed by atoms with Gasteiger partial charge < -0.3 is 10.2 Å². The van der Waals surface area contributed by atoms with Crippen LogP contribution in [0.15, 0.2) is 48.5 Å². The standard InChI is InChI=1S/C21H22O5/c1-20(2,25)18(23)14-10-8-13(9-11-14)17(22)15-6-5-7-16(12-15)19(24)21(3,4)26/h5-12,25-26H,1-4H3. The molecule has 26 heavy (non-hydrogen) atoms. The highest BCUT2D eigenvalue weighted by molar-refractivity contribution is 6.11. The second kappa shape index (κ2) is 6.94. The van der Waals surface area contributed by atoms with Crippen LogP contribution >= 0.6 is 0 Å². The second-order valence-corrected chi connectivity index (χ2v) is 7.26. The molecule has 0 heterocycles. The molecule has 0 aliphatic rings. The van der Waals surface area contributed by atoms with E-state index in [4.69, 9.17) is 0 Å². The first-order valence-corrected chi connectivity index (χ1v) is 8.20. The van der Waals surface area contributed by atoms with Crippen molar-refractivity contribution in [2.24, 2.45) is 0 Å². The van der Waals surface area contributed by atoms with Gasteiger partial charge in [0, 0.05) is 22.3 Å². The van der Waals surface area contributed by atoms with E-state index in [2.05, 4.69) is 0 Å². The third-order valence-corrected chi connectivity index (χ3v) is 3.91. The molecule has 0 aliphatic heterocycles. The van der Waals surface area contributed by atoms with E-state index in [-0.39, 0.29) is 11.3 Å². The van der Waals surface area contributed by atoms with Crippen LogP contribution < -0.4 is 0 Å². The van der Waals surface area contributed by atoms with E-state index in [9.17, 15) is 24.6 Å². The van der Waals surface area contributed by atoms with Gasteiger partial charge in [-0.05, 0) is 33.8 Å². The third kappa shape index (κ3) is 4.31. The minimum Gasteiger partial charge on any atom is -0.382 e. The Hall–Kier alpha value is -2.63. The average molecular weight is 354 g/mol. The molecule has 0 aliphatic carbocycles. The van der Waals surface area contributed by atoms with Crippen molar-refractivity contribution in [3.05, 3.63) is 70.8 Å². The van der Waals surface area contributed by atoms with Gasteiger partial charge in [-0.3, -0.25) is 14.4 Å². The minimum atomic E-state index is -1.53. The van der Waals surface area contributed by atoms with E-state index in [1.807, 2.05) is 0 Å². The number of Topliss-reactive ketones (excluding diaryl/α,β-unsaturated/α-hetero) is 2. The highest BCUT2D eigenvalue weighted by atomic mass is 16.3. The highest BCUT2D eigenvalue weighted by Crippen LogP contribution is 2.18. The molecule has 0 spiro atoms. The Morgan fingerprint density at radius 1 is 0.654 bits per heavy atom. The molecular weight excluding hydrogens is 332 g/mol. The number of hydrogen-bond donors (Lipinski definition) is 2. The first-order valence-electron chi connectivity index (χ1n) is 8.20. The Bertz CT molecular complexity index is 849. The zero-order chi connectivity index (χ0) is 19.7. The van der Waals surface area contributed by atoms with Crippen LogP contribution in [0.4, 0.5) is 0 Å². The molecule has 0 radical (unpaired) electrons. The fraction of sp³-hybridized carbons (Fsp3) is 0.286. The summed E-state index contributed by atoms with van der Waals surface area (Å²) in [5, 5.41) is 19.6. The lowest BCUT2D eigenvalue weighted by Gasteiger charge is -2.16. The largest absolute Gasteiger partial charge is 0.382 e. The fourth-order valence-corrected chi connectivity index (χ4v) is 2.45. The van der Waals surface area contributed by atoms with E-state index < -0.39 is 22.8 Å². The number of aliphatic hydroxyl groups is 2. The lowest BCUT2D eigenvalue weighted by molar-refractivity contribution is 0.0487. The summed E-state index contributed by atoms with van der Waals surface area (Å²) in [6, 6.07) is 12.1. The van der Waals surface area contributed by atoms with Gasteiger partial charge in [-0.2, -0.15) is 0 Å². The summed E-state index contributed by atoms with van der Waals surface area (Å²) in [5.74, 6) is -1.22. The normalized spacial score (nSPS) is 11.9. The SMILES string of the molecule is CC(C)(O)C(=O)c1ccc(C(=O)c2cccc(C(=O)C(C)(C)O)c2)cc1. The van der Waals surface area contributed by atoms with E-state index in [1.165, 1.54) is 58.0 Å². The molecule has 0 atom stereocenters. The van der Waals surface area contributed by atoms with Gasteiger partial charge in [0.25, 0.3) is 0 Å². The summed E-state index contributed by atoms with van der Waals surface area (Å²) in [4.78, 5) is 36.8. The second-order valence-electron chi connectivity index (χ2n) is 7.26. The maximum absolute atomic E-state index is 12.6. The molecule has 0 saturated heterocycles. The van der Waals surface area contributed by atoms with Crippen LogP contribution in [0.5, 0.6) is 0 Å². The van der Waals surface area contributed by atoms with Gasteiger partial charge in [0.05, 0.1) is 0 Å². The zero-order valence-electron chi connectivity index (χ0n) is 15.2. The predicted octanol–water partition coefficient (Wildman–Crippen LogP) is 2.82. The molecule has 0 saturated carbocycles. The number of ketones is 3. The Kier molecular flexibility index (Phi) is 5.26. The number of rotatable bonds is 6. The van der Waals surface area contributed by atoms with Crippen molar-refractivity contribution >= 4 is 17.3 Å². The van der Waals surface area contributed by atoms with Crippen molar-refractivity contribution in [3.63, 3.8) is 0 Å². The van der Waals surface area contributed by atoms with Gasteiger partial charge in [0.15, 0.2) is 17.3 Å². The van der Waals surface area contributed by atoms with Crippen LogP contribution in [0, 0.1) is 0 Å². The van der Waals surface area contributed by atoms with Crippen molar-refractivity contribution < 1.29 is 24.6 Å². The molecule has 2 aromatic carbocycles. The van der Waals surface area contributed by atoms with Gasteiger partial charge in [-0.25, -0.2) is 0 Å². The van der Waals surface area contributed by atoms with Gasteiger partial charge in [0.2, 0.25) is 0 Å². The average Bonchev–Trinajstić information content (AvgIpc) is 2.58. The highest BCUT2D eigenvalue weighted by Gasteiger charge is 2.27. The van der Waals surface area contributed by atoms with Crippen LogP contribution in [-0.2, 0) is 0 Å². The number of benzene rings is 2. The first kappa shape index (κ1) is 19.7. The molecule has 5 heteroatoms. The number of carbonyl (C=O) groups excluding carboxylic acids is 3. The molecule has 5 nitrogen and oxygen atoms in total. The van der Waals surface area contributed by atoms with Crippen LogP contribution in [0.3, 0.4) is 0 Å². The quantitative estimate of drug-likeness (QED) is 0.778. The number of hydrogen-bond acceptors (Lipinski definition) is 5. The monoisotopic (exact) mass is 354 g/mol. The van der Waals surface area contributed by atoms with Crippen LogP contribution in [0.25, 0.3) is 0 Å².